The first-order valence-corrected chi connectivity index (χ1v) is 4.46. The number of carboxylic acids is 1. The molecule has 0 saturated heterocycles. The third-order valence-corrected chi connectivity index (χ3v) is 1.54. The third kappa shape index (κ3) is 3.53. The molecule has 0 aromatic carbocycles. The Balaban J connectivity index is 5.11. The van der Waals surface area contributed by atoms with Gasteiger partial charge in [-0.2, -0.15) is 13.2 Å². The maximum Gasteiger partial charge on any atom is 0.408 e. The Bertz CT molecular complexity index is 318. The van der Waals surface area contributed by atoms with E-state index in [-0.39, 0.29) is 0 Å². The predicted octanol–water partition coefficient (Wildman–Crippen LogP) is 1.14. The van der Waals surface area contributed by atoms with Gasteiger partial charge in [0, 0.05) is 0 Å². The summed E-state index contributed by atoms with van der Waals surface area (Å²) in [5.41, 5.74) is 0. The normalized spacial score (nSPS) is 15.1. The maximum atomic E-state index is 13.6. The molecule has 0 aliphatic heterocycles. The highest BCUT2D eigenvalue weighted by molar-refractivity contribution is 6.07. The van der Waals surface area contributed by atoms with Gasteiger partial charge < -0.3 is 14.6 Å². The summed E-state index contributed by atoms with van der Waals surface area (Å²) in [6.07, 6.45) is 0.986. The van der Waals surface area contributed by atoms with Crippen molar-refractivity contribution in [2.24, 2.45) is 0 Å². The van der Waals surface area contributed by atoms with Gasteiger partial charge in [-0.1, -0.05) is 6.08 Å². The van der Waals surface area contributed by atoms with E-state index in [4.69, 9.17) is 5.11 Å². The zero-order chi connectivity index (χ0) is 13.7. The van der Waals surface area contributed by atoms with Crippen LogP contribution in [-0.2, 0) is 19.1 Å². The van der Waals surface area contributed by atoms with Crippen LogP contribution in [0.2, 0.25) is 0 Å². The van der Waals surface area contributed by atoms with E-state index in [0.717, 1.165) is 6.08 Å². The van der Waals surface area contributed by atoms with Gasteiger partial charge in [-0.05, 0) is 6.92 Å². The van der Waals surface area contributed by atoms with Crippen LogP contribution < -0.4 is 0 Å². The molecule has 1 N–H and O–H groups in total. The molecule has 0 radical (unpaired) electrons. The largest absolute Gasteiger partial charge is 0.476 e. The molecule has 0 rings (SSSR count). The minimum atomic E-state index is -4.94. The highest BCUT2D eigenvalue weighted by Crippen LogP contribution is 2.28. The highest BCUT2D eigenvalue weighted by atomic mass is 19.3. The molecule has 0 bridgehead atoms. The van der Waals surface area contributed by atoms with Crippen molar-refractivity contribution < 1.29 is 37.3 Å². The average molecular weight is 256 g/mol. The van der Waals surface area contributed by atoms with Crippen LogP contribution >= 0.6 is 0 Å². The van der Waals surface area contributed by atoms with E-state index >= 15 is 0 Å². The van der Waals surface area contributed by atoms with Gasteiger partial charge in [-0.25, -0.2) is 4.79 Å². The molecule has 0 saturated carbocycles. The van der Waals surface area contributed by atoms with Crippen molar-refractivity contribution >= 4 is 11.8 Å². The second-order valence-electron chi connectivity index (χ2n) is 2.78. The summed E-state index contributed by atoms with van der Waals surface area (Å²) >= 11 is 0. The topological polar surface area (TPSA) is 72.8 Å². The number of carbonyl (C=O) groups excluding carboxylic acids is 1. The van der Waals surface area contributed by atoms with Crippen LogP contribution in [0, 0.1) is 0 Å². The second-order valence-corrected chi connectivity index (χ2v) is 2.78. The summed E-state index contributed by atoms with van der Waals surface area (Å²) in [7, 11) is 0. The third-order valence-electron chi connectivity index (χ3n) is 1.54. The van der Waals surface area contributed by atoms with Gasteiger partial charge in [-0.3, -0.25) is 4.79 Å². The van der Waals surface area contributed by atoms with E-state index in [1.807, 2.05) is 0 Å². The molecule has 0 amide bonds. The van der Waals surface area contributed by atoms with Gasteiger partial charge in [0.1, 0.15) is 0 Å². The van der Waals surface area contributed by atoms with Crippen LogP contribution in [0.5, 0.6) is 0 Å². The van der Waals surface area contributed by atoms with Crippen molar-refractivity contribution in [2.75, 3.05) is 13.2 Å². The Kier molecular flexibility index (Phi) is 5.30. The number of halogens is 3. The number of aliphatic carboxylic acids is 1. The standard InChI is InChI=1S/C9H11F3O5/c1-3-5-17-9(12,16-4-2)6(13)8(10,11)7(14)15/h3H,1,4-5H2,2H3,(H,14,15). The number of carboxylic acid groups (broad SMARTS) is 1. The van der Waals surface area contributed by atoms with Crippen LogP contribution in [0.25, 0.3) is 0 Å². The first kappa shape index (κ1) is 15.6. The molecular formula is C9H11F3O5. The molecule has 1 atom stereocenters. The molecule has 5 nitrogen and oxygen atoms in total. The fraction of sp³-hybridized carbons (Fsp3) is 0.556. The van der Waals surface area contributed by atoms with Gasteiger partial charge in [0.25, 0.3) is 0 Å². The summed E-state index contributed by atoms with van der Waals surface area (Å²) in [5.74, 6) is -10.3. The molecule has 0 heterocycles. The Hall–Kier alpha value is -1.41. The fourth-order valence-electron chi connectivity index (χ4n) is 0.809. The molecule has 1 unspecified atom stereocenters. The SMILES string of the molecule is C=CCOC(F)(OCC)C(=O)C(F)(F)C(=O)O. The van der Waals surface area contributed by atoms with E-state index in [9.17, 15) is 22.8 Å². The van der Waals surface area contributed by atoms with E-state index < -0.39 is 36.9 Å². The summed E-state index contributed by atoms with van der Waals surface area (Å²) in [6.45, 7) is 3.28. The summed E-state index contributed by atoms with van der Waals surface area (Å²) < 4.78 is 47.5. The van der Waals surface area contributed by atoms with Gasteiger partial charge >= 0.3 is 23.7 Å². The van der Waals surface area contributed by atoms with Crippen LogP contribution in [0.1, 0.15) is 6.92 Å². The van der Waals surface area contributed by atoms with Crippen molar-refractivity contribution in [3.05, 3.63) is 12.7 Å². The molecule has 98 valence electrons. The molecule has 0 aromatic rings. The van der Waals surface area contributed by atoms with Gasteiger partial charge in [-0.15, -0.1) is 6.58 Å². The lowest BCUT2D eigenvalue weighted by molar-refractivity contribution is -0.298. The van der Waals surface area contributed by atoms with Crippen molar-refractivity contribution in [1.29, 1.82) is 0 Å². The zero-order valence-electron chi connectivity index (χ0n) is 8.91. The summed E-state index contributed by atoms with van der Waals surface area (Å²) in [5, 5.41) is 8.10. The van der Waals surface area contributed by atoms with Crippen LogP contribution in [0.15, 0.2) is 12.7 Å². The smallest absolute Gasteiger partial charge is 0.408 e. The van der Waals surface area contributed by atoms with Crippen LogP contribution in [0.4, 0.5) is 13.2 Å². The molecule has 17 heavy (non-hydrogen) atoms. The first-order chi connectivity index (χ1) is 7.72. The van der Waals surface area contributed by atoms with Crippen molar-refractivity contribution in [3.8, 4) is 0 Å². The minimum absolute atomic E-state index is 0.463. The maximum absolute atomic E-state index is 13.6. The number of rotatable bonds is 8. The number of hydrogen-bond acceptors (Lipinski definition) is 4. The molecule has 0 aromatic heterocycles. The second kappa shape index (κ2) is 5.78. The Morgan fingerprint density at radius 1 is 1.35 bits per heavy atom. The molecular weight excluding hydrogens is 245 g/mol. The highest BCUT2D eigenvalue weighted by Gasteiger charge is 2.60. The Labute approximate surface area is 94.8 Å². The fourth-order valence-corrected chi connectivity index (χ4v) is 0.809. The predicted molar refractivity (Wildman–Crippen MR) is 49.2 cm³/mol. The Morgan fingerprint density at radius 3 is 2.24 bits per heavy atom. The molecule has 0 aliphatic carbocycles. The van der Waals surface area contributed by atoms with E-state index in [2.05, 4.69) is 16.1 Å². The summed E-state index contributed by atoms with van der Waals surface area (Å²) in [4.78, 5) is 21.2. The molecule has 8 heteroatoms. The van der Waals surface area contributed by atoms with Crippen molar-refractivity contribution in [2.45, 2.75) is 18.9 Å². The lowest BCUT2D eigenvalue weighted by Crippen LogP contribution is -2.52. The lowest BCUT2D eigenvalue weighted by Gasteiger charge is -2.24. The lowest BCUT2D eigenvalue weighted by atomic mass is 10.2. The van der Waals surface area contributed by atoms with E-state index in [1.54, 1.807) is 0 Å². The number of carbonyl (C=O) groups is 2. The molecule has 0 aliphatic rings. The first-order valence-electron chi connectivity index (χ1n) is 4.46. The van der Waals surface area contributed by atoms with Crippen molar-refractivity contribution in [1.82, 2.24) is 0 Å². The van der Waals surface area contributed by atoms with Gasteiger partial charge in [0.2, 0.25) is 0 Å². The van der Waals surface area contributed by atoms with Crippen LogP contribution in [-0.4, -0.2) is 42.0 Å². The number of ketones is 1. The number of alkyl halides is 3. The average Bonchev–Trinajstić information content (AvgIpc) is 2.25. The minimum Gasteiger partial charge on any atom is -0.476 e. The van der Waals surface area contributed by atoms with E-state index in [1.165, 1.54) is 6.92 Å². The Morgan fingerprint density at radius 2 is 1.88 bits per heavy atom. The summed E-state index contributed by atoms with van der Waals surface area (Å²) in [6, 6.07) is -3.81. The number of ether oxygens (including phenoxy) is 2. The molecule has 0 fully saturated rings. The molecule has 0 spiro atoms. The van der Waals surface area contributed by atoms with Gasteiger partial charge in [0.15, 0.2) is 0 Å². The number of Topliss-reactive ketones (excluding diaryl/α,β-unsaturated/α-hetero) is 1. The van der Waals surface area contributed by atoms with Crippen molar-refractivity contribution in [3.63, 3.8) is 0 Å². The zero-order valence-corrected chi connectivity index (χ0v) is 8.91. The number of hydrogen-bond donors (Lipinski definition) is 1. The monoisotopic (exact) mass is 256 g/mol. The quantitative estimate of drug-likeness (QED) is 0.400. The van der Waals surface area contributed by atoms with Crippen LogP contribution in [0.3, 0.4) is 0 Å². The van der Waals surface area contributed by atoms with Gasteiger partial charge in [0.05, 0.1) is 13.2 Å². The van der Waals surface area contributed by atoms with E-state index in [0.29, 0.717) is 0 Å².